The second-order valence-electron chi connectivity index (χ2n) is 11.8. The van der Waals surface area contributed by atoms with E-state index in [0.717, 1.165) is 43.2 Å². The third-order valence-corrected chi connectivity index (χ3v) is 7.29. The van der Waals surface area contributed by atoms with Crippen LogP contribution < -0.4 is 5.73 Å². The summed E-state index contributed by atoms with van der Waals surface area (Å²) in [7, 11) is 0. The molecule has 7 heteroatoms. The Hall–Kier alpha value is -3.19. The molecule has 2 N–H and O–H groups in total. The molecule has 7 nitrogen and oxygen atoms in total. The maximum atomic E-state index is 13.2. The molecule has 0 heterocycles. The van der Waals surface area contributed by atoms with Gasteiger partial charge in [0.05, 0.1) is 6.42 Å². The molecule has 1 atom stereocenters. The number of nitrogens with two attached hydrogens (primary N) is 1. The topological polar surface area (TPSA) is 105 Å². The zero-order valence-corrected chi connectivity index (χ0v) is 23.6. The summed E-state index contributed by atoms with van der Waals surface area (Å²) in [6.45, 7) is 5.46. The van der Waals surface area contributed by atoms with Crippen molar-refractivity contribution in [2.75, 3.05) is 0 Å². The Morgan fingerprint density at radius 3 is 1.87 bits per heavy atom. The fourth-order valence-corrected chi connectivity index (χ4v) is 5.16. The molecule has 2 aromatic carbocycles. The number of hydrogen-bond donors (Lipinski definition) is 1. The Labute approximate surface area is 232 Å². The second kappa shape index (κ2) is 13.7. The summed E-state index contributed by atoms with van der Waals surface area (Å²) in [5.74, 6) is -1.83. The van der Waals surface area contributed by atoms with E-state index in [2.05, 4.69) is 0 Å². The van der Waals surface area contributed by atoms with Gasteiger partial charge in [-0.1, -0.05) is 79.9 Å². The molecule has 0 aliphatic heterocycles. The lowest BCUT2D eigenvalue weighted by Crippen LogP contribution is -2.58. The van der Waals surface area contributed by atoms with Gasteiger partial charge < -0.3 is 19.9 Å². The van der Waals surface area contributed by atoms with Crippen LogP contribution in [0.25, 0.3) is 0 Å². The maximum Gasteiger partial charge on any atom is 0.338 e. The Kier molecular flexibility index (Phi) is 10.7. The largest absolute Gasteiger partial charge is 0.461 e. The SMILES string of the molecule is CC(C)(C)OC(=O)C(N)(CCCC1(CC(=O)OCc2ccccc2)CCCCC1)C(=O)OCc1ccccc1. The van der Waals surface area contributed by atoms with E-state index >= 15 is 0 Å². The van der Waals surface area contributed by atoms with Gasteiger partial charge in [0.15, 0.2) is 0 Å². The van der Waals surface area contributed by atoms with Gasteiger partial charge in [-0.3, -0.25) is 4.79 Å². The molecule has 3 rings (SSSR count). The van der Waals surface area contributed by atoms with Crippen molar-refractivity contribution in [2.45, 2.75) is 103 Å². The van der Waals surface area contributed by atoms with E-state index in [1.54, 1.807) is 20.8 Å². The monoisotopic (exact) mass is 537 g/mol. The third-order valence-electron chi connectivity index (χ3n) is 7.29. The highest BCUT2D eigenvalue weighted by Gasteiger charge is 2.47. The summed E-state index contributed by atoms with van der Waals surface area (Å²) in [5, 5.41) is 0. The number of rotatable bonds is 12. The van der Waals surface area contributed by atoms with Crippen molar-refractivity contribution in [1.29, 1.82) is 0 Å². The zero-order valence-electron chi connectivity index (χ0n) is 23.6. The fraction of sp³-hybridized carbons (Fsp3) is 0.531. The third kappa shape index (κ3) is 9.50. The van der Waals surface area contributed by atoms with E-state index < -0.39 is 23.1 Å². The number of benzene rings is 2. The number of ether oxygens (including phenoxy) is 3. The van der Waals surface area contributed by atoms with E-state index in [9.17, 15) is 14.4 Å². The lowest BCUT2D eigenvalue weighted by atomic mass is 9.68. The smallest absolute Gasteiger partial charge is 0.338 e. The number of carbonyl (C=O) groups is 3. The molecule has 1 aliphatic carbocycles. The van der Waals surface area contributed by atoms with E-state index in [4.69, 9.17) is 19.9 Å². The summed E-state index contributed by atoms with van der Waals surface area (Å²) in [4.78, 5) is 39.2. The van der Waals surface area contributed by atoms with Gasteiger partial charge in [0, 0.05) is 0 Å². The molecule has 39 heavy (non-hydrogen) atoms. The van der Waals surface area contributed by atoms with Crippen LogP contribution in [0.1, 0.15) is 89.7 Å². The molecule has 0 saturated heterocycles. The summed E-state index contributed by atoms with van der Waals surface area (Å²) >= 11 is 0. The van der Waals surface area contributed by atoms with Crippen LogP contribution in [0.4, 0.5) is 0 Å². The van der Waals surface area contributed by atoms with Crippen molar-refractivity contribution in [3.63, 3.8) is 0 Å². The minimum atomic E-state index is -1.94. The Bertz CT molecular complexity index is 1070. The minimum Gasteiger partial charge on any atom is -0.461 e. The van der Waals surface area contributed by atoms with Crippen LogP contribution in [-0.4, -0.2) is 29.0 Å². The van der Waals surface area contributed by atoms with Crippen LogP contribution in [0.3, 0.4) is 0 Å². The standard InChI is InChI=1S/C32H43NO6/c1-30(2,3)39-29(36)32(33,28(35)38-24-26-16-9-5-10-17-26)21-13-20-31(18-11-6-12-19-31)22-27(34)37-23-25-14-7-4-8-15-25/h4-5,7-10,14-17H,6,11-13,18-24,33H2,1-3H3. The molecular weight excluding hydrogens is 494 g/mol. The van der Waals surface area contributed by atoms with Crippen LogP contribution in [0.2, 0.25) is 0 Å². The van der Waals surface area contributed by atoms with Gasteiger partial charge in [0.25, 0.3) is 0 Å². The summed E-state index contributed by atoms with van der Waals surface area (Å²) < 4.78 is 16.6. The molecule has 0 aromatic heterocycles. The van der Waals surface area contributed by atoms with Crippen molar-refractivity contribution in [3.8, 4) is 0 Å². The first kappa shape index (κ1) is 30.4. The molecule has 1 unspecified atom stereocenters. The van der Waals surface area contributed by atoms with Gasteiger partial charge in [-0.25, -0.2) is 9.59 Å². The number of hydrogen-bond acceptors (Lipinski definition) is 7. The predicted molar refractivity (Wildman–Crippen MR) is 149 cm³/mol. The predicted octanol–water partition coefficient (Wildman–Crippen LogP) is 6.02. The highest BCUT2D eigenvalue weighted by Crippen LogP contribution is 2.44. The van der Waals surface area contributed by atoms with Crippen LogP contribution in [0.5, 0.6) is 0 Å². The summed E-state index contributed by atoms with van der Waals surface area (Å²) in [6, 6.07) is 18.9. The highest BCUT2D eigenvalue weighted by atomic mass is 16.6. The van der Waals surface area contributed by atoms with Crippen LogP contribution >= 0.6 is 0 Å². The Morgan fingerprint density at radius 1 is 0.795 bits per heavy atom. The first-order chi connectivity index (χ1) is 18.5. The van der Waals surface area contributed by atoms with E-state index in [1.165, 1.54) is 0 Å². The lowest BCUT2D eigenvalue weighted by Gasteiger charge is -2.37. The van der Waals surface area contributed by atoms with Gasteiger partial charge in [0.2, 0.25) is 5.54 Å². The van der Waals surface area contributed by atoms with E-state index in [-0.39, 0.29) is 31.0 Å². The zero-order chi connectivity index (χ0) is 28.4. The van der Waals surface area contributed by atoms with Gasteiger partial charge in [0.1, 0.15) is 18.8 Å². The average molecular weight is 538 g/mol. The summed E-state index contributed by atoms with van der Waals surface area (Å²) in [6.07, 6.45) is 6.49. The normalized spacial score (nSPS) is 16.5. The van der Waals surface area contributed by atoms with Gasteiger partial charge in [-0.15, -0.1) is 0 Å². The maximum absolute atomic E-state index is 13.2. The Balaban J connectivity index is 1.66. The number of esters is 3. The van der Waals surface area contributed by atoms with Crippen LogP contribution in [-0.2, 0) is 41.8 Å². The van der Waals surface area contributed by atoms with Gasteiger partial charge in [-0.2, -0.15) is 0 Å². The van der Waals surface area contributed by atoms with Crippen LogP contribution in [0.15, 0.2) is 60.7 Å². The van der Waals surface area contributed by atoms with Crippen molar-refractivity contribution in [3.05, 3.63) is 71.8 Å². The van der Waals surface area contributed by atoms with Crippen LogP contribution in [0, 0.1) is 5.41 Å². The minimum absolute atomic E-state index is 0.0125. The van der Waals surface area contributed by atoms with Crippen molar-refractivity contribution in [1.82, 2.24) is 0 Å². The van der Waals surface area contributed by atoms with Crippen molar-refractivity contribution < 1.29 is 28.6 Å². The number of carbonyl (C=O) groups excluding carboxylic acids is 3. The van der Waals surface area contributed by atoms with Crippen molar-refractivity contribution in [2.24, 2.45) is 11.1 Å². The Morgan fingerprint density at radius 2 is 1.33 bits per heavy atom. The van der Waals surface area contributed by atoms with Gasteiger partial charge in [-0.05, 0) is 69.4 Å². The second-order valence-corrected chi connectivity index (χ2v) is 11.8. The molecule has 0 amide bonds. The molecule has 212 valence electrons. The lowest BCUT2D eigenvalue weighted by molar-refractivity contribution is -0.173. The molecule has 0 bridgehead atoms. The quantitative estimate of drug-likeness (QED) is 0.200. The molecule has 1 fully saturated rings. The first-order valence-electron chi connectivity index (χ1n) is 13.9. The van der Waals surface area contributed by atoms with E-state index in [0.29, 0.717) is 19.3 Å². The van der Waals surface area contributed by atoms with Crippen molar-refractivity contribution >= 4 is 17.9 Å². The average Bonchev–Trinajstić information content (AvgIpc) is 2.91. The molecule has 1 aliphatic rings. The molecule has 0 radical (unpaired) electrons. The highest BCUT2D eigenvalue weighted by molar-refractivity contribution is 6.04. The fourth-order valence-electron chi connectivity index (χ4n) is 5.16. The van der Waals surface area contributed by atoms with Gasteiger partial charge >= 0.3 is 17.9 Å². The molecule has 2 aromatic rings. The first-order valence-corrected chi connectivity index (χ1v) is 13.9. The molecule has 0 spiro atoms. The molecule has 1 saturated carbocycles. The molecular formula is C32H43NO6. The summed E-state index contributed by atoms with van der Waals surface area (Å²) in [5.41, 5.74) is 5.24. The van der Waals surface area contributed by atoms with E-state index in [1.807, 2.05) is 60.7 Å².